The van der Waals surface area contributed by atoms with Gasteiger partial charge >= 0.3 is 6.03 Å². The smallest absolute Gasteiger partial charge is 0.320 e. The number of ether oxygens (including phenoxy) is 1. The van der Waals surface area contributed by atoms with E-state index < -0.39 is 17.9 Å². The normalized spacial score (nSPS) is 17.7. The van der Waals surface area contributed by atoms with Crippen LogP contribution in [-0.2, 0) is 4.74 Å². The fourth-order valence-electron chi connectivity index (χ4n) is 2.73. The molecule has 1 aliphatic rings. The van der Waals surface area contributed by atoms with Gasteiger partial charge in [-0.05, 0) is 37.1 Å². The highest BCUT2D eigenvalue weighted by atomic mass is 19.1. The monoisotopic (exact) mass is 342 g/mol. The van der Waals surface area contributed by atoms with Gasteiger partial charge in [-0.1, -0.05) is 5.92 Å². The van der Waals surface area contributed by atoms with Crippen molar-refractivity contribution in [1.29, 1.82) is 0 Å². The maximum Gasteiger partial charge on any atom is 0.320 e. The summed E-state index contributed by atoms with van der Waals surface area (Å²) in [4.78, 5) is 12.1. The third kappa shape index (κ3) is 3.98. The van der Waals surface area contributed by atoms with Crippen molar-refractivity contribution >= 4 is 11.7 Å². The molecule has 0 bridgehead atoms. The van der Waals surface area contributed by atoms with E-state index in [4.69, 9.17) is 11.2 Å². The summed E-state index contributed by atoms with van der Waals surface area (Å²) in [6.45, 7) is 3.05. The zero-order valence-electron chi connectivity index (χ0n) is 13.8. The second-order valence-electron chi connectivity index (χ2n) is 5.99. The first-order valence-electron chi connectivity index (χ1n) is 7.99. The van der Waals surface area contributed by atoms with E-state index in [0.717, 1.165) is 12.0 Å². The van der Waals surface area contributed by atoms with Gasteiger partial charge < -0.3 is 15.4 Å². The van der Waals surface area contributed by atoms with Gasteiger partial charge in [0, 0.05) is 24.4 Å². The Balaban J connectivity index is 1.65. The molecule has 2 heterocycles. The van der Waals surface area contributed by atoms with E-state index in [1.54, 1.807) is 24.5 Å². The summed E-state index contributed by atoms with van der Waals surface area (Å²) in [6, 6.07) is 3.52. The van der Waals surface area contributed by atoms with E-state index in [1.165, 1.54) is 10.7 Å². The van der Waals surface area contributed by atoms with Crippen molar-refractivity contribution in [3.05, 3.63) is 42.0 Å². The van der Waals surface area contributed by atoms with Gasteiger partial charge in [0.2, 0.25) is 0 Å². The molecule has 130 valence electrons. The lowest BCUT2D eigenvalue weighted by molar-refractivity contribution is 0.181. The number of anilines is 1. The molecule has 1 saturated heterocycles. The van der Waals surface area contributed by atoms with Gasteiger partial charge in [0.15, 0.2) is 5.82 Å². The summed E-state index contributed by atoms with van der Waals surface area (Å²) in [5.41, 5.74) is 1.57. The molecule has 1 aromatic heterocycles. The lowest BCUT2D eigenvalue weighted by Crippen LogP contribution is -2.42. The quantitative estimate of drug-likeness (QED) is 0.839. The Morgan fingerprint density at radius 1 is 1.56 bits per heavy atom. The predicted octanol–water partition coefficient (Wildman–Crippen LogP) is 2.48. The van der Waals surface area contributed by atoms with Crippen LogP contribution >= 0.6 is 0 Å². The van der Waals surface area contributed by atoms with Gasteiger partial charge in [-0.15, -0.1) is 6.42 Å². The number of nitrogens with zero attached hydrogens (tertiary/aromatic N) is 2. The van der Waals surface area contributed by atoms with Crippen molar-refractivity contribution in [2.24, 2.45) is 5.92 Å². The number of aromatic nitrogens is 2. The number of nitrogens with one attached hydrogen (secondary N) is 2. The molecule has 6 nitrogen and oxygen atoms in total. The van der Waals surface area contributed by atoms with Gasteiger partial charge in [-0.3, -0.25) is 0 Å². The van der Waals surface area contributed by atoms with Crippen LogP contribution in [0.25, 0.3) is 5.69 Å². The summed E-state index contributed by atoms with van der Waals surface area (Å²) in [7, 11) is 0. The highest BCUT2D eigenvalue weighted by Crippen LogP contribution is 2.19. The molecule has 1 aliphatic heterocycles. The number of benzene rings is 1. The van der Waals surface area contributed by atoms with Crippen LogP contribution in [0.4, 0.5) is 14.9 Å². The average molecular weight is 342 g/mol. The van der Waals surface area contributed by atoms with Crippen molar-refractivity contribution in [2.75, 3.05) is 18.5 Å². The van der Waals surface area contributed by atoms with Gasteiger partial charge in [0.05, 0.1) is 18.8 Å². The third-order valence-corrected chi connectivity index (χ3v) is 4.07. The standard InChI is InChI=1S/C18H19FN4O2/c1-3-16(13-6-7-25-11-13)22-18(24)21-14-4-5-17(15(19)8-14)23-10-12(2)9-20-23/h1,4-5,8-10,13,16H,6-7,11H2,2H3,(H2,21,22,24)/t13-,16-/m0/s1. The van der Waals surface area contributed by atoms with Crippen LogP contribution in [0.1, 0.15) is 12.0 Å². The molecular weight excluding hydrogens is 323 g/mol. The van der Waals surface area contributed by atoms with E-state index >= 15 is 0 Å². The van der Waals surface area contributed by atoms with Crippen LogP contribution in [0.2, 0.25) is 0 Å². The summed E-state index contributed by atoms with van der Waals surface area (Å²) in [5, 5.41) is 9.39. The summed E-state index contributed by atoms with van der Waals surface area (Å²) >= 11 is 0. The summed E-state index contributed by atoms with van der Waals surface area (Å²) < 4.78 is 21.0. The Morgan fingerprint density at radius 3 is 3.00 bits per heavy atom. The molecule has 2 amide bonds. The zero-order chi connectivity index (χ0) is 17.8. The third-order valence-electron chi connectivity index (χ3n) is 4.07. The van der Waals surface area contributed by atoms with Crippen LogP contribution in [0.5, 0.6) is 0 Å². The lowest BCUT2D eigenvalue weighted by atomic mass is 10.00. The molecule has 3 rings (SSSR count). The number of hydrogen-bond acceptors (Lipinski definition) is 3. The Hall–Kier alpha value is -2.85. The highest BCUT2D eigenvalue weighted by molar-refractivity contribution is 5.89. The number of aryl methyl sites for hydroxylation is 1. The number of halogens is 1. The minimum Gasteiger partial charge on any atom is -0.381 e. The number of rotatable bonds is 4. The molecule has 1 fully saturated rings. The molecular formula is C18H19FN4O2. The van der Waals surface area contributed by atoms with Crippen molar-refractivity contribution < 1.29 is 13.9 Å². The lowest BCUT2D eigenvalue weighted by Gasteiger charge is -2.18. The Bertz CT molecular complexity index is 806. The first kappa shape index (κ1) is 17.0. The Kier molecular flexibility index (Phi) is 5.00. The SMILES string of the molecule is C#C[C@H](NC(=O)Nc1ccc(-n2cc(C)cn2)c(F)c1)[C@H]1CCOC1. The van der Waals surface area contributed by atoms with Crippen LogP contribution in [0, 0.1) is 31.0 Å². The first-order valence-corrected chi connectivity index (χ1v) is 7.99. The van der Waals surface area contributed by atoms with Crippen LogP contribution in [-0.4, -0.2) is 35.1 Å². The molecule has 1 aromatic carbocycles. The van der Waals surface area contributed by atoms with Gasteiger partial charge in [0.25, 0.3) is 0 Å². The number of carbonyl (C=O) groups excluding carboxylic acids is 1. The molecule has 2 aromatic rings. The summed E-state index contributed by atoms with van der Waals surface area (Å²) in [6.07, 6.45) is 9.66. The van der Waals surface area contributed by atoms with E-state index in [9.17, 15) is 9.18 Å². The fourth-order valence-corrected chi connectivity index (χ4v) is 2.73. The van der Waals surface area contributed by atoms with Crippen molar-refractivity contribution in [3.8, 4) is 18.0 Å². The fraction of sp³-hybridized carbons (Fsp3) is 0.333. The maximum atomic E-state index is 14.3. The molecule has 2 N–H and O–H groups in total. The van der Waals surface area contributed by atoms with E-state index in [2.05, 4.69) is 21.7 Å². The van der Waals surface area contributed by atoms with Crippen LogP contribution in [0.15, 0.2) is 30.6 Å². The van der Waals surface area contributed by atoms with Gasteiger partial charge in [-0.2, -0.15) is 5.10 Å². The number of terminal acetylenes is 1. The van der Waals surface area contributed by atoms with Crippen molar-refractivity contribution in [2.45, 2.75) is 19.4 Å². The predicted molar refractivity (Wildman–Crippen MR) is 92.0 cm³/mol. The number of amides is 2. The molecule has 0 aliphatic carbocycles. The molecule has 7 heteroatoms. The Morgan fingerprint density at radius 2 is 2.40 bits per heavy atom. The van der Waals surface area contributed by atoms with Gasteiger partial charge in [-0.25, -0.2) is 13.9 Å². The van der Waals surface area contributed by atoms with Gasteiger partial charge in [0.1, 0.15) is 5.69 Å². The second-order valence-corrected chi connectivity index (χ2v) is 5.99. The van der Waals surface area contributed by atoms with Crippen molar-refractivity contribution in [1.82, 2.24) is 15.1 Å². The topological polar surface area (TPSA) is 68.2 Å². The van der Waals surface area contributed by atoms with Crippen molar-refractivity contribution in [3.63, 3.8) is 0 Å². The zero-order valence-corrected chi connectivity index (χ0v) is 13.8. The average Bonchev–Trinajstić information content (AvgIpc) is 3.24. The minimum atomic E-state index is -0.487. The molecule has 0 spiro atoms. The first-order chi connectivity index (χ1) is 12.1. The van der Waals surface area contributed by atoms with E-state index in [-0.39, 0.29) is 5.92 Å². The highest BCUT2D eigenvalue weighted by Gasteiger charge is 2.25. The van der Waals surface area contributed by atoms with Crippen LogP contribution < -0.4 is 10.6 Å². The molecule has 0 unspecified atom stereocenters. The molecule has 2 atom stereocenters. The van der Waals surface area contributed by atoms with E-state index in [1.807, 2.05) is 6.92 Å². The largest absolute Gasteiger partial charge is 0.381 e. The molecule has 0 radical (unpaired) electrons. The van der Waals surface area contributed by atoms with E-state index in [0.29, 0.717) is 24.6 Å². The second kappa shape index (κ2) is 7.36. The molecule has 25 heavy (non-hydrogen) atoms. The number of urea groups is 1. The molecule has 0 saturated carbocycles. The Labute approximate surface area is 145 Å². The number of hydrogen-bond donors (Lipinski definition) is 2. The van der Waals surface area contributed by atoms with Crippen LogP contribution in [0.3, 0.4) is 0 Å². The number of carbonyl (C=O) groups is 1. The maximum absolute atomic E-state index is 14.3. The summed E-state index contributed by atoms with van der Waals surface area (Å²) in [5.74, 6) is 2.18. The minimum absolute atomic E-state index is 0.0953.